The van der Waals surface area contributed by atoms with Crippen molar-refractivity contribution in [2.24, 2.45) is 0 Å². The monoisotopic (exact) mass is 449 g/mol. The number of benzene rings is 2. The zero-order valence-electron chi connectivity index (χ0n) is 17.5. The van der Waals surface area contributed by atoms with Crippen molar-refractivity contribution in [3.63, 3.8) is 0 Å². The average molecular weight is 450 g/mol. The third kappa shape index (κ3) is 4.55. The number of carbonyl (C=O) groups is 2. The lowest BCUT2D eigenvalue weighted by atomic mass is 10.1. The molecule has 0 spiro atoms. The standard InChI is InChI=1S/C25H24ClN3O3/c26-18-8-6-17(7-9-18)22-14-27-24(32-22)11-10-23(30)28-19-12-25(31)29(15-19)21-13-20(21)16-4-2-1-3-5-16/h1-9,14,19-21H,10-13,15H2,(H,28,30)/t19-,20-,21-/m1/s1. The maximum atomic E-state index is 12.5. The van der Waals surface area contributed by atoms with E-state index < -0.39 is 0 Å². The summed E-state index contributed by atoms with van der Waals surface area (Å²) in [7, 11) is 0. The molecule has 2 aromatic carbocycles. The summed E-state index contributed by atoms with van der Waals surface area (Å²) in [5.41, 5.74) is 2.16. The number of amides is 2. The average Bonchev–Trinajstić information content (AvgIpc) is 3.30. The molecule has 6 nitrogen and oxygen atoms in total. The Balaban J connectivity index is 1.10. The van der Waals surface area contributed by atoms with E-state index in [2.05, 4.69) is 22.4 Å². The molecule has 2 amide bonds. The molecule has 2 aliphatic rings. The van der Waals surface area contributed by atoms with Crippen LogP contribution in [-0.4, -0.2) is 40.3 Å². The SMILES string of the molecule is O=C(CCc1ncc(-c2ccc(Cl)cc2)o1)N[C@@H]1CC(=O)N([C@@H]2C[C@@H]2c2ccccc2)C1. The van der Waals surface area contributed by atoms with Gasteiger partial charge < -0.3 is 14.6 Å². The quantitative estimate of drug-likeness (QED) is 0.586. The van der Waals surface area contributed by atoms with E-state index in [0.29, 0.717) is 42.0 Å². The number of hydrogen-bond acceptors (Lipinski definition) is 4. The Labute approximate surface area is 191 Å². The van der Waals surface area contributed by atoms with Gasteiger partial charge in [0, 0.05) is 48.4 Å². The summed E-state index contributed by atoms with van der Waals surface area (Å²) in [6, 6.07) is 17.7. The van der Waals surface area contributed by atoms with Crippen LogP contribution >= 0.6 is 11.6 Å². The van der Waals surface area contributed by atoms with Crippen molar-refractivity contribution in [1.29, 1.82) is 0 Å². The van der Waals surface area contributed by atoms with Gasteiger partial charge in [-0.1, -0.05) is 41.9 Å². The van der Waals surface area contributed by atoms with Crippen molar-refractivity contribution in [1.82, 2.24) is 15.2 Å². The van der Waals surface area contributed by atoms with Gasteiger partial charge in [0.2, 0.25) is 11.8 Å². The summed E-state index contributed by atoms with van der Waals surface area (Å²) in [4.78, 5) is 31.2. The van der Waals surface area contributed by atoms with Crippen LogP contribution in [0.25, 0.3) is 11.3 Å². The highest BCUT2D eigenvalue weighted by Gasteiger charge is 2.47. The highest BCUT2D eigenvalue weighted by molar-refractivity contribution is 6.30. The van der Waals surface area contributed by atoms with Crippen LogP contribution in [0.2, 0.25) is 5.02 Å². The predicted octanol–water partition coefficient (Wildman–Crippen LogP) is 4.20. The van der Waals surface area contributed by atoms with Crippen molar-refractivity contribution >= 4 is 23.4 Å². The number of rotatable bonds is 7. The fourth-order valence-electron chi connectivity index (χ4n) is 4.43. The number of nitrogens with one attached hydrogen (secondary N) is 1. The molecular weight excluding hydrogens is 426 g/mol. The van der Waals surface area contributed by atoms with Gasteiger partial charge in [0.05, 0.1) is 12.2 Å². The minimum absolute atomic E-state index is 0.0914. The third-order valence-electron chi connectivity index (χ3n) is 6.16. The topological polar surface area (TPSA) is 75.4 Å². The van der Waals surface area contributed by atoms with Crippen LogP contribution in [0, 0.1) is 0 Å². The Bertz CT molecular complexity index is 1110. The van der Waals surface area contributed by atoms with Crippen LogP contribution in [0.15, 0.2) is 65.2 Å². The van der Waals surface area contributed by atoms with Crippen molar-refractivity contribution in [3.8, 4) is 11.3 Å². The summed E-state index contributed by atoms with van der Waals surface area (Å²) >= 11 is 5.92. The summed E-state index contributed by atoms with van der Waals surface area (Å²) in [6.07, 6.45) is 3.69. The first kappa shape index (κ1) is 20.8. The molecule has 1 aromatic heterocycles. The fraction of sp³-hybridized carbons (Fsp3) is 0.320. The van der Waals surface area contributed by atoms with E-state index >= 15 is 0 Å². The number of aryl methyl sites for hydroxylation is 1. The number of likely N-dealkylation sites (tertiary alicyclic amines) is 1. The molecular formula is C25H24ClN3O3. The summed E-state index contributed by atoms with van der Waals surface area (Å²) in [5, 5.41) is 3.66. The van der Waals surface area contributed by atoms with Gasteiger partial charge >= 0.3 is 0 Å². The molecule has 5 rings (SSSR count). The Hall–Kier alpha value is -3.12. The number of aromatic nitrogens is 1. The van der Waals surface area contributed by atoms with Crippen molar-refractivity contribution in [3.05, 3.63) is 77.3 Å². The molecule has 7 heteroatoms. The third-order valence-corrected chi connectivity index (χ3v) is 6.41. The van der Waals surface area contributed by atoms with E-state index in [1.807, 2.05) is 35.2 Å². The van der Waals surface area contributed by atoms with Crippen molar-refractivity contribution in [2.45, 2.75) is 43.7 Å². The predicted molar refractivity (Wildman–Crippen MR) is 121 cm³/mol. The molecule has 1 saturated carbocycles. The van der Waals surface area contributed by atoms with Gasteiger partial charge in [0.1, 0.15) is 0 Å². The number of halogens is 1. The molecule has 0 bridgehead atoms. The highest BCUT2D eigenvalue weighted by atomic mass is 35.5. The molecule has 164 valence electrons. The van der Waals surface area contributed by atoms with Gasteiger partial charge in [-0.3, -0.25) is 9.59 Å². The highest BCUT2D eigenvalue weighted by Crippen LogP contribution is 2.45. The van der Waals surface area contributed by atoms with Crippen LogP contribution in [0.3, 0.4) is 0 Å². The van der Waals surface area contributed by atoms with E-state index in [9.17, 15) is 9.59 Å². The van der Waals surface area contributed by atoms with Gasteiger partial charge in [-0.05, 0) is 36.2 Å². The van der Waals surface area contributed by atoms with E-state index in [1.54, 1.807) is 18.3 Å². The molecule has 0 radical (unpaired) electrons. The largest absolute Gasteiger partial charge is 0.441 e. The smallest absolute Gasteiger partial charge is 0.225 e. The number of oxazole rings is 1. The van der Waals surface area contributed by atoms with Crippen LogP contribution in [0.1, 0.15) is 36.6 Å². The van der Waals surface area contributed by atoms with Gasteiger partial charge in [0.15, 0.2) is 11.7 Å². The molecule has 3 aromatic rings. The lowest BCUT2D eigenvalue weighted by Crippen LogP contribution is -2.37. The van der Waals surface area contributed by atoms with Crippen molar-refractivity contribution < 1.29 is 14.0 Å². The van der Waals surface area contributed by atoms with E-state index in [1.165, 1.54) is 5.56 Å². The minimum atomic E-state index is -0.138. The van der Waals surface area contributed by atoms with E-state index in [0.717, 1.165) is 12.0 Å². The van der Waals surface area contributed by atoms with Crippen LogP contribution in [0.5, 0.6) is 0 Å². The molecule has 32 heavy (non-hydrogen) atoms. The molecule has 1 aliphatic heterocycles. The molecule has 2 heterocycles. The maximum absolute atomic E-state index is 12.5. The van der Waals surface area contributed by atoms with Crippen LogP contribution < -0.4 is 5.32 Å². The summed E-state index contributed by atoms with van der Waals surface area (Å²) in [6.45, 7) is 0.582. The van der Waals surface area contributed by atoms with Crippen LogP contribution in [-0.2, 0) is 16.0 Å². The van der Waals surface area contributed by atoms with E-state index in [4.69, 9.17) is 16.0 Å². The zero-order chi connectivity index (χ0) is 22.1. The molecule has 1 aliphatic carbocycles. The van der Waals surface area contributed by atoms with E-state index in [-0.39, 0.29) is 30.3 Å². The first-order valence-electron chi connectivity index (χ1n) is 10.9. The van der Waals surface area contributed by atoms with Gasteiger partial charge in [-0.25, -0.2) is 4.98 Å². The summed E-state index contributed by atoms with van der Waals surface area (Å²) < 4.78 is 5.76. The molecule has 1 saturated heterocycles. The Kier molecular flexibility index (Phi) is 5.70. The number of hydrogen-bond donors (Lipinski definition) is 1. The molecule has 0 unspecified atom stereocenters. The normalized spacial score (nSPS) is 22.2. The lowest BCUT2D eigenvalue weighted by molar-refractivity contribution is -0.128. The number of nitrogens with zero attached hydrogens (tertiary/aromatic N) is 2. The minimum Gasteiger partial charge on any atom is -0.441 e. The first-order chi connectivity index (χ1) is 15.6. The lowest BCUT2D eigenvalue weighted by Gasteiger charge is -2.17. The molecule has 2 fully saturated rings. The Morgan fingerprint density at radius 2 is 1.94 bits per heavy atom. The second-order valence-corrected chi connectivity index (χ2v) is 8.90. The van der Waals surface area contributed by atoms with Gasteiger partial charge in [0.25, 0.3) is 0 Å². The molecule has 1 N–H and O–H groups in total. The Morgan fingerprint density at radius 1 is 1.16 bits per heavy atom. The first-order valence-corrected chi connectivity index (χ1v) is 11.3. The second kappa shape index (κ2) is 8.79. The molecule has 3 atom stereocenters. The maximum Gasteiger partial charge on any atom is 0.225 e. The van der Waals surface area contributed by atoms with Crippen molar-refractivity contribution in [2.75, 3.05) is 6.54 Å². The summed E-state index contributed by atoms with van der Waals surface area (Å²) in [5.74, 6) is 1.60. The van der Waals surface area contributed by atoms with Crippen LogP contribution in [0.4, 0.5) is 0 Å². The Morgan fingerprint density at radius 3 is 2.72 bits per heavy atom. The second-order valence-electron chi connectivity index (χ2n) is 8.46. The van der Waals surface area contributed by atoms with Gasteiger partial charge in [-0.2, -0.15) is 0 Å². The van der Waals surface area contributed by atoms with Gasteiger partial charge in [-0.15, -0.1) is 0 Å². The fourth-order valence-corrected chi connectivity index (χ4v) is 4.55. The number of carbonyl (C=O) groups excluding carboxylic acids is 2. The zero-order valence-corrected chi connectivity index (χ0v) is 18.3.